The summed E-state index contributed by atoms with van der Waals surface area (Å²) < 4.78 is 67.4. The molecule has 10 nitrogen and oxygen atoms in total. The standard InChI is InChI=1S/C37H59N5O5S2/c1-31-27-40(48(43,44)37-20-16-35(17-21-37)38(2)3)25-9-22-39(29-32-11-6-5-7-12-32)23-10-26-41(28-31)49(45,46)42-24-8-13-34(30-42)33-14-18-36(47-4)19-15-33/h14-21,31-32,34H,5-13,22-30H2,1-4H3/t31-,34+/m0/s1. The van der Waals surface area contributed by atoms with E-state index in [0.717, 1.165) is 62.3 Å². The van der Waals surface area contributed by atoms with Crippen molar-refractivity contribution in [3.05, 3.63) is 54.1 Å². The molecular weight excluding hydrogens is 659 g/mol. The Kier molecular flexibility index (Phi) is 13.4. The van der Waals surface area contributed by atoms with Gasteiger partial charge in [0, 0.05) is 65.6 Å². The molecule has 0 aromatic heterocycles. The summed E-state index contributed by atoms with van der Waals surface area (Å²) in [5.74, 6) is 1.37. The molecule has 2 atom stereocenters. The summed E-state index contributed by atoms with van der Waals surface area (Å²) in [5, 5.41) is 0. The van der Waals surface area contributed by atoms with Crippen molar-refractivity contribution in [1.82, 2.24) is 17.8 Å². The topological polar surface area (TPSA) is 93.7 Å². The molecule has 3 fully saturated rings. The Labute approximate surface area is 296 Å². The second-order valence-electron chi connectivity index (χ2n) is 14.7. The maximum absolute atomic E-state index is 14.4. The van der Waals surface area contributed by atoms with E-state index in [0.29, 0.717) is 32.1 Å². The lowest BCUT2D eigenvalue weighted by molar-refractivity contribution is 0.178. The predicted molar refractivity (Wildman–Crippen MR) is 198 cm³/mol. The molecule has 0 N–H and O–H groups in total. The van der Waals surface area contributed by atoms with E-state index in [4.69, 9.17) is 4.74 Å². The van der Waals surface area contributed by atoms with Crippen LogP contribution in [-0.4, -0.2) is 115 Å². The Bertz CT molecular complexity index is 1530. The van der Waals surface area contributed by atoms with Gasteiger partial charge >= 0.3 is 0 Å². The number of sulfonamides is 1. The lowest BCUT2D eigenvalue weighted by Gasteiger charge is -2.38. The van der Waals surface area contributed by atoms with Crippen LogP contribution in [0.15, 0.2) is 53.4 Å². The fourth-order valence-electron chi connectivity index (χ4n) is 7.86. The molecule has 2 aromatic rings. The minimum Gasteiger partial charge on any atom is -0.497 e. The molecule has 274 valence electrons. The first-order valence-corrected chi connectivity index (χ1v) is 21.2. The minimum absolute atomic E-state index is 0.116. The lowest BCUT2D eigenvalue weighted by atomic mass is 9.89. The average molecular weight is 718 g/mol. The van der Waals surface area contributed by atoms with Crippen LogP contribution in [-0.2, 0) is 20.2 Å². The fourth-order valence-corrected chi connectivity index (χ4v) is 11.3. The maximum atomic E-state index is 14.4. The Morgan fingerprint density at radius 1 is 0.694 bits per heavy atom. The van der Waals surface area contributed by atoms with E-state index in [-0.39, 0.29) is 29.8 Å². The highest BCUT2D eigenvalue weighted by molar-refractivity contribution is 7.89. The minimum atomic E-state index is -3.78. The second kappa shape index (κ2) is 17.3. The van der Waals surface area contributed by atoms with Gasteiger partial charge in [-0.1, -0.05) is 38.3 Å². The smallest absolute Gasteiger partial charge is 0.282 e. The molecule has 1 aliphatic carbocycles. The van der Waals surface area contributed by atoms with Crippen molar-refractivity contribution >= 4 is 25.9 Å². The lowest BCUT2D eigenvalue weighted by Crippen LogP contribution is -2.50. The van der Waals surface area contributed by atoms with Gasteiger partial charge in [-0.05, 0) is 111 Å². The van der Waals surface area contributed by atoms with E-state index >= 15 is 0 Å². The zero-order chi connectivity index (χ0) is 35.0. The number of rotatable bonds is 9. The van der Waals surface area contributed by atoms with Crippen LogP contribution in [0.3, 0.4) is 0 Å². The predicted octanol–water partition coefficient (Wildman–Crippen LogP) is 5.49. The molecule has 5 rings (SSSR count). The Hall–Kier alpha value is -2.22. The third-order valence-corrected chi connectivity index (χ3v) is 14.5. The molecule has 0 spiro atoms. The van der Waals surface area contributed by atoms with Crippen LogP contribution in [0.2, 0.25) is 0 Å². The van der Waals surface area contributed by atoms with Crippen molar-refractivity contribution in [2.24, 2.45) is 11.8 Å². The van der Waals surface area contributed by atoms with Crippen LogP contribution in [0.1, 0.15) is 76.2 Å². The Morgan fingerprint density at radius 2 is 1.29 bits per heavy atom. The first-order valence-electron chi connectivity index (χ1n) is 18.4. The number of hydrogen-bond acceptors (Lipinski definition) is 7. The largest absolute Gasteiger partial charge is 0.497 e. The van der Waals surface area contributed by atoms with Gasteiger partial charge in [-0.3, -0.25) is 0 Å². The van der Waals surface area contributed by atoms with Crippen molar-refractivity contribution in [3.63, 3.8) is 0 Å². The average Bonchev–Trinajstić information content (AvgIpc) is 3.10. The molecular formula is C37H59N5O5S2. The summed E-state index contributed by atoms with van der Waals surface area (Å²) in [5.41, 5.74) is 2.06. The quantitative estimate of drug-likeness (QED) is 0.339. The van der Waals surface area contributed by atoms with Gasteiger partial charge in [-0.25, -0.2) is 8.42 Å². The number of piperidine rings is 1. The maximum Gasteiger partial charge on any atom is 0.282 e. The number of anilines is 1. The molecule has 1 saturated carbocycles. The summed E-state index contributed by atoms with van der Waals surface area (Å²) in [6, 6.07) is 15.0. The first kappa shape index (κ1) is 38.0. The van der Waals surface area contributed by atoms with E-state index in [1.807, 2.05) is 62.3 Å². The van der Waals surface area contributed by atoms with Gasteiger partial charge in [0.15, 0.2) is 0 Å². The zero-order valence-electron chi connectivity index (χ0n) is 30.2. The van der Waals surface area contributed by atoms with Crippen molar-refractivity contribution in [3.8, 4) is 5.75 Å². The first-order chi connectivity index (χ1) is 23.5. The highest BCUT2D eigenvalue weighted by Gasteiger charge is 2.36. The zero-order valence-corrected chi connectivity index (χ0v) is 31.8. The molecule has 0 radical (unpaired) electrons. The molecule has 0 unspecified atom stereocenters. The molecule has 0 amide bonds. The van der Waals surface area contributed by atoms with Crippen LogP contribution in [0.5, 0.6) is 5.75 Å². The number of benzene rings is 2. The van der Waals surface area contributed by atoms with Gasteiger partial charge in [0.05, 0.1) is 12.0 Å². The van der Waals surface area contributed by atoms with Crippen LogP contribution in [0, 0.1) is 11.8 Å². The second-order valence-corrected chi connectivity index (χ2v) is 18.6. The van der Waals surface area contributed by atoms with Crippen LogP contribution in [0.4, 0.5) is 5.69 Å². The highest BCUT2D eigenvalue weighted by Crippen LogP contribution is 2.31. The van der Waals surface area contributed by atoms with Gasteiger partial charge in [0.1, 0.15) is 5.75 Å². The van der Waals surface area contributed by atoms with Crippen molar-refractivity contribution in [2.45, 2.75) is 75.5 Å². The number of nitrogens with zero attached hydrogens (tertiary/aromatic N) is 5. The van der Waals surface area contributed by atoms with Crippen LogP contribution in [0.25, 0.3) is 0 Å². The van der Waals surface area contributed by atoms with Crippen molar-refractivity contribution in [2.75, 3.05) is 85.0 Å². The molecule has 3 aliphatic rings. The van der Waals surface area contributed by atoms with E-state index < -0.39 is 20.2 Å². The summed E-state index contributed by atoms with van der Waals surface area (Å²) in [6.07, 6.45) is 9.57. The van der Waals surface area contributed by atoms with Gasteiger partial charge in [-0.2, -0.15) is 21.3 Å². The van der Waals surface area contributed by atoms with Crippen LogP contribution < -0.4 is 9.64 Å². The highest BCUT2D eigenvalue weighted by atomic mass is 32.2. The summed E-state index contributed by atoms with van der Waals surface area (Å²) in [7, 11) is -2.03. The van der Waals surface area contributed by atoms with E-state index in [9.17, 15) is 16.8 Å². The summed E-state index contributed by atoms with van der Waals surface area (Å²) >= 11 is 0. The molecule has 2 heterocycles. The Morgan fingerprint density at radius 3 is 1.92 bits per heavy atom. The molecule has 2 saturated heterocycles. The molecule has 12 heteroatoms. The van der Waals surface area contributed by atoms with E-state index in [1.54, 1.807) is 32.2 Å². The van der Waals surface area contributed by atoms with Gasteiger partial charge in [0.25, 0.3) is 10.2 Å². The van der Waals surface area contributed by atoms with Gasteiger partial charge < -0.3 is 14.5 Å². The van der Waals surface area contributed by atoms with Crippen LogP contribution >= 0.6 is 0 Å². The van der Waals surface area contributed by atoms with E-state index in [1.165, 1.54) is 32.1 Å². The number of methoxy groups -OCH3 is 1. The van der Waals surface area contributed by atoms with E-state index in [2.05, 4.69) is 4.90 Å². The monoisotopic (exact) mass is 717 g/mol. The normalized spacial score (nSPS) is 24.2. The van der Waals surface area contributed by atoms with Crippen molar-refractivity contribution < 1.29 is 21.6 Å². The van der Waals surface area contributed by atoms with Gasteiger partial charge in [-0.15, -0.1) is 0 Å². The third-order valence-electron chi connectivity index (χ3n) is 10.7. The third kappa shape index (κ3) is 9.98. The Balaban J connectivity index is 1.37. The van der Waals surface area contributed by atoms with Crippen molar-refractivity contribution in [1.29, 1.82) is 0 Å². The molecule has 49 heavy (non-hydrogen) atoms. The fraction of sp³-hybridized carbons (Fsp3) is 0.676. The number of ether oxygens (including phenoxy) is 1. The summed E-state index contributed by atoms with van der Waals surface area (Å²) in [6.45, 7) is 6.91. The van der Waals surface area contributed by atoms with Gasteiger partial charge in [0.2, 0.25) is 10.0 Å². The molecule has 0 bridgehead atoms. The SMILES string of the molecule is COc1ccc([C@@H]2CCCN(S(=O)(=O)N3CCCN(CC4CCCCC4)CCCN(S(=O)(=O)c4ccc(N(C)C)cc4)C[C@H](C)C3)C2)cc1. The number of hydrogen-bond donors (Lipinski definition) is 0. The molecule has 2 aromatic carbocycles. The molecule has 2 aliphatic heterocycles. The summed E-state index contributed by atoms with van der Waals surface area (Å²) in [4.78, 5) is 4.70.